The highest BCUT2D eigenvalue weighted by Gasteiger charge is 2.13. The third-order valence-electron chi connectivity index (χ3n) is 3.91. The predicted molar refractivity (Wildman–Crippen MR) is 117 cm³/mol. The molecular formula is C19H22N4OS3. The molecule has 1 aromatic carbocycles. The summed E-state index contributed by atoms with van der Waals surface area (Å²) in [5.74, 6) is 0.862. The number of imidazole rings is 1. The summed E-state index contributed by atoms with van der Waals surface area (Å²) in [7, 11) is 0. The van der Waals surface area contributed by atoms with Crippen molar-refractivity contribution in [2.75, 3.05) is 23.6 Å². The van der Waals surface area contributed by atoms with Gasteiger partial charge in [-0.2, -0.15) is 0 Å². The van der Waals surface area contributed by atoms with Crippen molar-refractivity contribution in [3.05, 3.63) is 36.0 Å². The van der Waals surface area contributed by atoms with Crippen molar-refractivity contribution in [1.29, 1.82) is 0 Å². The Labute approximate surface area is 171 Å². The normalized spacial score (nSPS) is 11.1. The van der Waals surface area contributed by atoms with Gasteiger partial charge in [0.1, 0.15) is 5.03 Å². The zero-order valence-electron chi connectivity index (χ0n) is 15.5. The van der Waals surface area contributed by atoms with E-state index in [0.717, 1.165) is 49.7 Å². The van der Waals surface area contributed by atoms with E-state index in [1.165, 1.54) is 0 Å². The zero-order chi connectivity index (χ0) is 19.2. The van der Waals surface area contributed by atoms with Crippen LogP contribution in [-0.4, -0.2) is 39.1 Å². The van der Waals surface area contributed by atoms with Crippen LogP contribution in [0.3, 0.4) is 0 Å². The first-order valence-corrected chi connectivity index (χ1v) is 12.0. The minimum absolute atomic E-state index is 0.0245. The lowest BCUT2D eigenvalue weighted by atomic mass is 10.3. The van der Waals surface area contributed by atoms with Gasteiger partial charge in [0.25, 0.3) is 0 Å². The SMILES string of the molecule is CSc1cc(C)nc(SC)c1NC(=O)CCCSc1nc2ccccc2[nH]1. The van der Waals surface area contributed by atoms with E-state index in [2.05, 4.69) is 20.3 Å². The lowest BCUT2D eigenvalue weighted by Crippen LogP contribution is -2.13. The van der Waals surface area contributed by atoms with Crippen LogP contribution in [0.25, 0.3) is 11.0 Å². The molecule has 0 atom stereocenters. The molecule has 5 nitrogen and oxygen atoms in total. The first-order valence-electron chi connectivity index (χ1n) is 8.57. The summed E-state index contributed by atoms with van der Waals surface area (Å²) >= 11 is 4.82. The van der Waals surface area contributed by atoms with Crippen LogP contribution in [0.4, 0.5) is 5.69 Å². The number of carbonyl (C=O) groups is 1. The van der Waals surface area contributed by atoms with Crippen LogP contribution in [0.15, 0.2) is 45.4 Å². The molecule has 0 aliphatic rings. The molecular weight excluding hydrogens is 396 g/mol. The monoisotopic (exact) mass is 418 g/mol. The average Bonchev–Trinajstić information content (AvgIpc) is 3.09. The number of aromatic amines is 1. The van der Waals surface area contributed by atoms with Crippen LogP contribution in [0.5, 0.6) is 0 Å². The van der Waals surface area contributed by atoms with Crippen LogP contribution < -0.4 is 5.32 Å². The van der Waals surface area contributed by atoms with Crippen molar-refractivity contribution in [3.8, 4) is 0 Å². The van der Waals surface area contributed by atoms with Crippen molar-refractivity contribution in [1.82, 2.24) is 15.0 Å². The number of carbonyl (C=O) groups excluding carboxylic acids is 1. The Bertz CT molecular complexity index is 884. The molecule has 2 aromatic heterocycles. The van der Waals surface area contributed by atoms with E-state index in [4.69, 9.17) is 0 Å². The van der Waals surface area contributed by atoms with Gasteiger partial charge in [0.2, 0.25) is 5.91 Å². The number of aromatic nitrogens is 3. The molecule has 0 aliphatic carbocycles. The average molecular weight is 419 g/mol. The number of para-hydroxylation sites is 2. The second-order valence-electron chi connectivity index (χ2n) is 5.91. The van der Waals surface area contributed by atoms with Crippen LogP contribution in [0, 0.1) is 6.92 Å². The van der Waals surface area contributed by atoms with Crippen LogP contribution >= 0.6 is 35.3 Å². The highest BCUT2D eigenvalue weighted by Crippen LogP contribution is 2.33. The van der Waals surface area contributed by atoms with E-state index in [-0.39, 0.29) is 5.91 Å². The van der Waals surface area contributed by atoms with Gasteiger partial charge < -0.3 is 10.3 Å². The number of anilines is 1. The molecule has 27 heavy (non-hydrogen) atoms. The molecule has 2 heterocycles. The minimum atomic E-state index is 0.0245. The number of nitrogens with zero attached hydrogens (tertiary/aromatic N) is 2. The largest absolute Gasteiger partial charge is 0.333 e. The number of H-pyrrole nitrogens is 1. The van der Waals surface area contributed by atoms with E-state index >= 15 is 0 Å². The summed E-state index contributed by atoms with van der Waals surface area (Å²) in [6.07, 6.45) is 5.25. The van der Waals surface area contributed by atoms with E-state index in [0.29, 0.717) is 6.42 Å². The second kappa shape index (κ2) is 9.52. The van der Waals surface area contributed by atoms with Gasteiger partial charge in [-0.1, -0.05) is 23.9 Å². The van der Waals surface area contributed by atoms with E-state index in [1.807, 2.05) is 49.8 Å². The summed E-state index contributed by atoms with van der Waals surface area (Å²) in [6.45, 7) is 1.97. The fourth-order valence-electron chi connectivity index (χ4n) is 2.64. The number of nitrogens with one attached hydrogen (secondary N) is 2. The topological polar surface area (TPSA) is 70.7 Å². The smallest absolute Gasteiger partial charge is 0.224 e. The van der Waals surface area contributed by atoms with Crippen molar-refractivity contribution in [3.63, 3.8) is 0 Å². The number of pyridine rings is 1. The number of fused-ring (bicyclic) bond motifs is 1. The first kappa shape index (κ1) is 20.1. The molecule has 0 saturated heterocycles. The maximum Gasteiger partial charge on any atom is 0.224 e. The van der Waals surface area contributed by atoms with Crippen molar-refractivity contribution >= 4 is 57.9 Å². The summed E-state index contributed by atoms with van der Waals surface area (Å²) in [6, 6.07) is 9.99. The quantitative estimate of drug-likeness (QED) is 0.386. The van der Waals surface area contributed by atoms with Gasteiger partial charge in [-0.05, 0) is 44.1 Å². The number of hydrogen-bond acceptors (Lipinski definition) is 6. The molecule has 8 heteroatoms. The number of hydrogen-bond donors (Lipinski definition) is 2. The van der Waals surface area contributed by atoms with Gasteiger partial charge in [-0.15, -0.1) is 23.5 Å². The Morgan fingerprint density at radius 1 is 1.19 bits per heavy atom. The van der Waals surface area contributed by atoms with Crippen molar-refractivity contribution in [2.24, 2.45) is 0 Å². The molecule has 2 N–H and O–H groups in total. The van der Waals surface area contributed by atoms with E-state index < -0.39 is 0 Å². The third kappa shape index (κ3) is 5.21. The Kier molecular flexibility index (Phi) is 7.09. The highest BCUT2D eigenvalue weighted by atomic mass is 32.2. The molecule has 0 spiro atoms. The Hall–Kier alpha value is -1.64. The second-order valence-corrected chi connectivity index (χ2v) is 8.64. The van der Waals surface area contributed by atoms with Gasteiger partial charge in [0.05, 0.1) is 16.7 Å². The lowest BCUT2D eigenvalue weighted by Gasteiger charge is -2.13. The Morgan fingerprint density at radius 2 is 2.00 bits per heavy atom. The molecule has 0 fully saturated rings. The number of amides is 1. The fraction of sp³-hybridized carbons (Fsp3) is 0.316. The number of aryl methyl sites for hydroxylation is 1. The summed E-state index contributed by atoms with van der Waals surface area (Å²) in [4.78, 5) is 25.8. The van der Waals surface area contributed by atoms with Gasteiger partial charge >= 0.3 is 0 Å². The molecule has 1 amide bonds. The maximum atomic E-state index is 12.4. The summed E-state index contributed by atoms with van der Waals surface area (Å²) in [5, 5.41) is 4.81. The summed E-state index contributed by atoms with van der Waals surface area (Å²) < 4.78 is 0. The molecule has 0 bridgehead atoms. The van der Waals surface area contributed by atoms with Crippen LogP contribution in [0.1, 0.15) is 18.5 Å². The number of thioether (sulfide) groups is 3. The van der Waals surface area contributed by atoms with Gasteiger partial charge in [-0.3, -0.25) is 4.79 Å². The molecule has 0 aliphatic heterocycles. The molecule has 142 valence electrons. The minimum Gasteiger partial charge on any atom is -0.333 e. The predicted octanol–water partition coefficient (Wildman–Crippen LogP) is 5.22. The third-order valence-corrected chi connectivity index (χ3v) is 6.31. The lowest BCUT2D eigenvalue weighted by molar-refractivity contribution is -0.116. The standard InChI is InChI=1S/C19H22N4OS3/c1-12-11-15(25-2)17(18(20-12)26-3)23-16(24)9-6-10-27-19-21-13-7-4-5-8-14(13)22-19/h4-5,7-8,11H,6,9-10H2,1-3H3,(H,21,22)(H,23,24). The van der Waals surface area contributed by atoms with Crippen LogP contribution in [-0.2, 0) is 4.79 Å². The van der Waals surface area contributed by atoms with Gasteiger partial charge in [-0.25, -0.2) is 9.97 Å². The van der Waals surface area contributed by atoms with E-state index in [9.17, 15) is 4.79 Å². The maximum absolute atomic E-state index is 12.4. The Morgan fingerprint density at radius 3 is 2.74 bits per heavy atom. The molecule has 3 rings (SSSR count). The first-order chi connectivity index (χ1) is 13.1. The fourth-order valence-corrected chi connectivity index (χ4v) is 4.77. The molecule has 0 saturated carbocycles. The number of benzene rings is 1. The molecule has 0 radical (unpaired) electrons. The molecule has 3 aromatic rings. The molecule has 0 unspecified atom stereocenters. The highest BCUT2D eigenvalue weighted by molar-refractivity contribution is 7.99. The van der Waals surface area contributed by atoms with Crippen molar-refractivity contribution < 1.29 is 4.79 Å². The van der Waals surface area contributed by atoms with Crippen LogP contribution in [0.2, 0.25) is 0 Å². The van der Waals surface area contributed by atoms with E-state index in [1.54, 1.807) is 35.3 Å². The Balaban J connectivity index is 1.52. The van der Waals surface area contributed by atoms with Gasteiger partial charge in [0.15, 0.2) is 5.16 Å². The number of rotatable bonds is 8. The zero-order valence-corrected chi connectivity index (χ0v) is 18.0. The van der Waals surface area contributed by atoms with Crippen molar-refractivity contribution in [2.45, 2.75) is 34.8 Å². The van der Waals surface area contributed by atoms with Gasteiger partial charge in [0, 0.05) is 22.8 Å². The summed E-state index contributed by atoms with van der Waals surface area (Å²) in [5.41, 5.74) is 3.80.